The van der Waals surface area contributed by atoms with Crippen LogP contribution < -0.4 is 0 Å². The molecule has 128 valence electrons. The van der Waals surface area contributed by atoms with Crippen molar-refractivity contribution in [3.8, 4) is 0 Å². The number of nitrogens with zero attached hydrogens (tertiary/aromatic N) is 1. The van der Waals surface area contributed by atoms with E-state index in [1.165, 1.54) is 10.4 Å². The van der Waals surface area contributed by atoms with Gasteiger partial charge in [-0.2, -0.15) is 17.5 Å². The van der Waals surface area contributed by atoms with Crippen molar-refractivity contribution in [2.24, 2.45) is 5.92 Å². The summed E-state index contributed by atoms with van der Waals surface area (Å²) in [6.45, 7) is 1.11. The van der Waals surface area contributed by atoms with Crippen LogP contribution in [0.1, 0.15) is 24.8 Å². The highest BCUT2D eigenvalue weighted by atomic mass is 32.2. The fraction of sp³-hybridized carbons (Fsp3) is 0.600. The molecule has 1 atom stereocenters. The van der Waals surface area contributed by atoms with Crippen molar-refractivity contribution < 1.29 is 26.3 Å². The molecule has 0 spiro atoms. The lowest BCUT2D eigenvalue weighted by molar-refractivity contribution is -0.137. The van der Waals surface area contributed by atoms with Crippen molar-refractivity contribution in [1.82, 2.24) is 4.31 Å². The number of benzene rings is 1. The van der Waals surface area contributed by atoms with Gasteiger partial charge < -0.3 is 4.74 Å². The Morgan fingerprint density at radius 1 is 1.22 bits per heavy atom. The molecule has 1 aliphatic heterocycles. The first-order valence-corrected chi connectivity index (χ1v) is 9.00. The zero-order valence-corrected chi connectivity index (χ0v) is 13.2. The lowest BCUT2D eigenvalue weighted by atomic mass is 10.2. The monoisotopic (exact) mass is 349 g/mol. The number of hydrogen-bond acceptors (Lipinski definition) is 3. The number of halogens is 3. The SMILES string of the molecule is O=S(=O)(c1cccc(C(F)(F)F)c1)N1CCC(OCC2CC2)C1. The minimum Gasteiger partial charge on any atom is -0.377 e. The summed E-state index contributed by atoms with van der Waals surface area (Å²) < 4.78 is 70.2. The third kappa shape index (κ3) is 3.87. The van der Waals surface area contributed by atoms with Gasteiger partial charge in [0.05, 0.1) is 16.6 Å². The van der Waals surface area contributed by atoms with Crippen molar-refractivity contribution in [2.45, 2.75) is 36.4 Å². The van der Waals surface area contributed by atoms with Gasteiger partial charge in [-0.05, 0) is 43.4 Å². The van der Waals surface area contributed by atoms with Crippen LogP contribution in [0.2, 0.25) is 0 Å². The van der Waals surface area contributed by atoms with Crippen LogP contribution in [0.4, 0.5) is 13.2 Å². The molecular formula is C15H18F3NO3S. The summed E-state index contributed by atoms with van der Waals surface area (Å²) >= 11 is 0. The van der Waals surface area contributed by atoms with Crippen LogP contribution >= 0.6 is 0 Å². The fourth-order valence-electron chi connectivity index (χ4n) is 2.59. The van der Waals surface area contributed by atoms with E-state index in [1.54, 1.807) is 0 Å². The Morgan fingerprint density at radius 2 is 1.96 bits per heavy atom. The van der Waals surface area contributed by atoms with E-state index in [0.29, 0.717) is 25.0 Å². The molecule has 2 aliphatic rings. The van der Waals surface area contributed by atoms with Gasteiger partial charge in [0.25, 0.3) is 0 Å². The number of sulfonamides is 1. The third-order valence-corrected chi connectivity index (χ3v) is 6.03. The van der Waals surface area contributed by atoms with E-state index in [-0.39, 0.29) is 24.1 Å². The summed E-state index contributed by atoms with van der Waals surface area (Å²) in [5, 5.41) is 0. The Kier molecular flexibility index (Phi) is 4.41. The molecule has 1 aromatic rings. The molecule has 1 saturated carbocycles. The Hall–Kier alpha value is -1.12. The molecule has 1 heterocycles. The summed E-state index contributed by atoms with van der Waals surface area (Å²) in [5.41, 5.74) is -0.959. The van der Waals surface area contributed by atoms with E-state index in [1.807, 2.05) is 0 Å². The second-order valence-electron chi connectivity index (χ2n) is 6.08. The molecule has 0 N–H and O–H groups in total. The molecule has 1 saturated heterocycles. The van der Waals surface area contributed by atoms with Crippen LogP contribution in [0.15, 0.2) is 29.2 Å². The minimum absolute atomic E-state index is 0.170. The van der Waals surface area contributed by atoms with Gasteiger partial charge in [-0.1, -0.05) is 6.07 Å². The van der Waals surface area contributed by atoms with Gasteiger partial charge in [-0.15, -0.1) is 0 Å². The van der Waals surface area contributed by atoms with Gasteiger partial charge in [0.15, 0.2) is 0 Å². The second kappa shape index (κ2) is 6.07. The highest BCUT2D eigenvalue weighted by molar-refractivity contribution is 7.89. The van der Waals surface area contributed by atoms with E-state index in [2.05, 4.69) is 0 Å². The lowest BCUT2D eigenvalue weighted by Crippen LogP contribution is -2.30. The summed E-state index contributed by atoms with van der Waals surface area (Å²) in [7, 11) is -3.92. The van der Waals surface area contributed by atoms with Gasteiger partial charge in [0, 0.05) is 19.7 Å². The van der Waals surface area contributed by atoms with E-state index in [9.17, 15) is 21.6 Å². The minimum atomic E-state index is -4.56. The van der Waals surface area contributed by atoms with Crippen LogP contribution in [0, 0.1) is 5.92 Å². The number of alkyl halides is 3. The molecule has 0 amide bonds. The Bertz CT molecular complexity index is 671. The van der Waals surface area contributed by atoms with Crippen LogP contribution in [-0.4, -0.2) is 38.5 Å². The average Bonchev–Trinajstić information content (AvgIpc) is 3.20. The van der Waals surface area contributed by atoms with Gasteiger partial charge >= 0.3 is 6.18 Å². The normalized spacial score (nSPS) is 23.3. The molecule has 0 bridgehead atoms. The van der Waals surface area contributed by atoms with Crippen molar-refractivity contribution in [2.75, 3.05) is 19.7 Å². The molecule has 1 unspecified atom stereocenters. The summed E-state index contributed by atoms with van der Waals surface area (Å²) in [5.74, 6) is 0.587. The zero-order chi connectivity index (χ0) is 16.7. The topological polar surface area (TPSA) is 46.6 Å². The molecule has 8 heteroatoms. The predicted octanol–water partition coefficient (Wildman–Crippen LogP) is 2.90. The van der Waals surface area contributed by atoms with Crippen LogP contribution in [0.25, 0.3) is 0 Å². The first-order valence-electron chi connectivity index (χ1n) is 7.56. The molecule has 4 nitrogen and oxygen atoms in total. The van der Waals surface area contributed by atoms with Gasteiger partial charge in [-0.3, -0.25) is 0 Å². The second-order valence-corrected chi connectivity index (χ2v) is 8.01. The zero-order valence-electron chi connectivity index (χ0n) is 12.4. The highest BCUT2D eigenvalue weighted by Crippen LogP contribution is 2.33. The van der Waals surface area contributed by atoms with Crippen molar-refractivity contribution in [3.63, 3.8) is 0 Å². The predicted molar refractivity (Wildman–Crippen MR) is 77.3 cm³/mol. The maximum absolute atomic E-state index is 12.7. The molecule has 23 heavy (non-hydrogen) atoms. The number of ether oxygens (including phenoxy) is 1. The largest absolute Gasteiger partial charge is 0.416 e. The lowest BCUT2D eigenvalue weighted by Gasteiger charge is -2.17. The van der Waals surface area contributed by atoms with Crippen molar-refractivity contribution >= 4 is 10.0 Å². The third-order valence-electron chi connectivity index (χ3n) is 4.17. The molecule has 3 rings (SSSR count). The van der Waals surface area contributed by atoms with Crippen LogP contribution in [0.5, 0.6) is 0 Å². The fourth-order valence-corrected chi connectivity index (χ4v) is 4.12. The van der Waals surface area contributed by atoms with E-state index >= 15 is 0 Å². The van der Waals surface area contributed by atoms with E-state index in [4.69, 9.17) is 4.74 Å². The van der Waals surface area contributed by atoms with Crippen LogP contribution in [0.3, 0.4) is 0 Å². The van der Waals surface area contributed by atoms with Crippen molar-refractivity contribution in [1.29, 1.82) is 0 Å². The van der Waals surface area contributed by atoms with Gasteiger partial charge in [-0.25, -0.2) is 8.42 Å². The first-order chi connectivity index (χ1) is 10.8. The summed E-state index contributed by atoms with van der Waals surface area (Å²) in [6, 6.07) is 3.87. The average molecular weight is 349 g/mol. The maximum atomic E-state index is 12.7. The molecule has 1 aromatic carbocycles. The number of rotatable bonds is 5. The Balaban J connectivity index is 1.71. The van der Waals surface area contributed by atoms with Crippen molar-refractivity contribution in [3.05, 3.63) is 29.8 Å². The quantitative estimate of drug-likeness (QED) is 0.821. The number of hydrogen-bond donors (Lipinski definition) is 0. The van der Waals surface area contributed by atoms with E-state index in [0.717, 1.165) is 25.0 Å². The molecular weight excluding hydrogens is 331 g/mol. The molecule has 0 radical (unpaired) electrons. The molecule has 0 aromatic heterocycles. The van der Waals surface area contributed by atoms with Gasteiger partial charge in [0.2, 0.25) is 10.0 Å². The van der Waals surface area contributed by atoms with Gasteiger partial charge in [0.1, 0.15) is 0 Å². The van der Waals surface area contributed by atoms with E-state index < -0.39 is 21.8 Å². The standard InChI is InChI=1S/C15H18F3NO3S/c16-15(17,18)12-2-1-3-14(8-12)23(20,21)19-7-6-13(9-19)22-10-11-4-5-11/h1-3,8,11,13H,4-7,9-10H2. The Morgan fingerprint density at radius 3 is 2.61 bits per heavy atom. The first kappa shape index (κ1) is 16.7. The Labute approximate surface area is 133 Å². The summed E-state index contributed by atoms with van der Waals surface area (Å²) in [6.07, 6.45) is -1.86. The van der Waals surface area contributed by atoms with Crippen LogP contribution in [-0.2, 0) is 20.9 Å². The molecule has 1 aliphatic carbocycles. The molecule has 2 fully saturated rings. The summed E-state index contributed by atoms with van der Waals surface area (Å²) in [4.78, 5) is -0.324. The highest BCUT2D eigenvalue weighted by Gasteiger charge is 2.36. The smallest absolute Gasteiger partial charge is 0.377 e. The maximum Gasteiger partial charge on any atom is 0.416 e.